The van der Waals surface area contributed by atoms with Gasteiger partial charge in [0.1, 0.15) is 12.1 Å². The zero-order chi connectivity index (χ0) is 20.4. The molecule has 0 bridgehead atoms. The number of para-hydroxylation sites is 1. The van der Waals surface area contributed by atoms with Crippen molar-refractivity contribution in [2.75, 3.05) is 17.2 Å². The minimum absolute atomic E-state index is 0.0287. The van der Waals surface area contributed by atoms with Gasteiger partial charge in [0.05, 0.1) is 34.4 Å². The first kappa shape index (κ1) is 19.2. The van der Waals surface area contributed by atoms with Gasteiger partial charge in [-0.15, -0.1) is 0 Å². The van der Waals surface area contributed by atoms with Crippen molar-refractivity contribution in [1.82, 2.24) is 15.0 Å². The van der Waals surface area contributed by atoms with E-state index in [1.54, 1.807) is 19.2 Å². The van der Waals surface area contributed by atoms with Crippen molar-refractivity contribution in [3.05, 3.63) is 70.8 Å². The third-order valence-corrected chi connectivity index (χ3v) is 5.03. The Balaban J connectivity index is 1.61. The van der Waals surface area contributed by atoms with Crippen molar-refractivity contribution in [3.63, 3.8) is 0 Å². The summed E-state index contributed by atoms with van der Waals surface area (Å²) < 4.78 is 19.1. The van der Waals surface area contributed by atoms with E-state index < -0.39 is 11.4 Å². The Morgan fingerprint density at radius 2 is 2.17 bits per heavy atom. The van der Waals surface area contributed by atoms with Crippen LogP contribution in [0.4, 0.5) is 16.4 Å². The van der Waals surface area contributed by atoms with Gasteiger partial charge >= 0.3 is 0 Å². The third kappa shape index (κ3) is 3.90. The minimum Gasteiger partial charge on any atom is -0.432 e. The van der Waals surface area contributed by atoms with Gasteiger partial charge in [0.25, 0.3) is 6.01 Å². The monoisotopic (exact) mass is 415 g/mol. The Morgan fingerprint density at radius 3 is 2.90 bits per heavy atom. The molecule has 150 valence electrons. The summed E-state index contributed by atoms with van der Waals surface area (Å²) in [7, 11) is 0. The largest absolute Gasteiger partial charge is 0.432 e. The fraction of sp³-hybridized carbons (Fsp3) is 0.200. The number of H-pyrrole nitrogens is 1. The first-order valence-corrected chi connectivity index (χ1v) is 9.32. The molecule has 2 aromatic heterocycles. The van der Waals surface area contributed by atoms with Crippen LogP contribution in [0.25, 0.3) is 11.0 Å². The summed E-state index contributed by atoms with van der Waals surface area (Å²) in [5.41, 5.74) is 2.11. The smallest absolute Gasteiger partial charge is 0.294 e. The number of anilines is 2. The Kier molecular flexibility index (Phi) is 5.12. The number of halogens is 2. The van der Waals surface area contributed by atoms with Crippen LogP contribution in [0.5, 0.6) is 0 Å². The van der Waals surface area contributed by atoms with Gasteiger partial charge in [0.2, 0.25) is 5.95 Å². The lowest BCUT2D eigenvalue weighted by Gasteiger charge is -2.29. The van der Waals surface area contributed by atoms with E-state index in [1.807, 2.05) is 18.2 Å². The first-order chi connectivity index (χ1) is 14.0. The molecule has 0 radical (unpaired) electrons. The predicted molar refractivity (Wildman–Crippen MR) is 109 cm³/mol. The van der Waals surface area contributed by atoms with Crippen LogP contribution in [0.2, 0.25) is 5.02 Å². The SMILES string of the molecule is CC(CO)(Nc1nc2c(CNc3ncco3)cccc2[nH]1)c1ccc(Cl)c(F)c1. The fourth-order valence-corrected chi connectivity index (χ4v) is 3.20. The average molecular weight is 416 g/mol. The molecular weight excluding hydrogens is 397 g/mol. The van der Waals surface area contributed by atoms with Crippen LogP contribution in [0.15, 0.2) is 53.3 Å². The minimum atomic E-state index is -0.962. The highest BCUT2D eigenvalue weighted by atomic mass is 35.5. The highest BCUT2D eigenvalue weighted by Gasteiger charge is 2.28. The molecule has 4 rings (SSSR count). The fourth-order valence-electron chi connectivity index (χ4n) is 3.08. The van der Waals surface area contributed by atoms with Crippen molar-refractivity contribution in [2.24, 2.45) is 0 Å². The van der Waals surface area contributed by atoms with Crippen molar-refractivity contribution in [2.45, 2.75) is 19.0 Å². The van der Waals surface area contributed by atoms with Crippen LogP contribution in [-0.4, -0.2) is 26.7 Å². The molecule has 2 heterocycles. The number of aromatic amines is 1. The number of benzene rings is 2. The number of hydrogen-bond acceptors (Lipinski definition) is 6. The van der Waals surface area contributed by atoms with Gasteiger partial charge in [-0.3, -0.25) is 0 Å². The Labute approximate surface area is 170 Å². The standard InChI is InChI=1S/C20H19ClFN5O2/c1-20(11-28,13-5-6-14(21)15(22)9-13)27-18-25-16-4-2-3-12(17(16)26-18)10-24-19-23-7-8-29-19/h2-9,28H,10-11H2,1H3,(H,23,24)(H2,25,26,27). The summed E-state index contributed by atoms with van der Waals surface area (Å²) in [6, 6.07) is 10.6. The first-order valence-electron chi connectivity index (χ1n) is 8.94. The second-order valence-corrected chi connectivity index (χ2v) is 7.24. The molecule has 1 atom stereocenters. The lowest BCUT2D eigenvalue weighted by molar-refractivity contribution is 0.223. The molecule has 9 heteroatoms. The van der Waals surface area contributed by atoms with E-state index in [9.17, 15) is 9.50 Å². The number of nitrogens with zero attached hydrogens (tertiary/aromatic N) is 2. The molecule has 0 aliphatic carbocycles. The molecule has 0 amide bonds. The molecule has 0 fully saturated rings. The number of hydrogen-bond donors (Lipinski definition) is 4. The van der Waals surface area contributed by atoms with Crippen LogP contribution < -0.4 is 10.6 Å². The van der Waals surface area contributed by atoms with Crippen molar-refractivity contribution in [3.8, 4) is 0 Å². The van der Waals surface area contributed by atoms with E-state index in [0.717, 1.165) is 16.6 Å². The van der Waals surface area contributed by atoms with Crippen molar-refractivity contribution in [1.29, 1.82) is 0 Å². The molecule has 1 unspecified atom stereocenters. The number of imidazole rings is 1. The summed E-state index contributed by atoms with van der Waals surface area (Å²) in [6.45, 7) is 1.96. The van der Waals surface area contributed by atoms with Crippen LogP contribution in [0, 0.1) is 5.82 Å². The maximum atomic E-state index is 13.9. The molecule has 4 N–H and O–H groups in total. The molecule has 0 saturated carbocycles. The van der Waals surface area contributed by atoms with Crippen molar-refractivity contribution >= 4 is 34.6 Å². The van der Waals surface area contributed by atoms with Gasteiger partial charge in [0, 0.05) is 6.54 Å². The maximum absolute atomic E-state index is 13.9. The average Bonchev–Trinajstić information content (AvgIpc) is 3.37. The molecule has 0 spiro atoms. The lowest BCUT2D eigenvalue weighted by atomic mass is 9.93. The summed E-state index contributed by atoms with van der Waals surface area (Å²) in [6.07, 6.45) is 3.06. The number of nitrogens with one attached hydrogen (secondary N) is 3. The lowest BCUT2D eigenvalue weighted by Crippen LogP contribution is -2.36. The van der Waals surface area contributed by atoms with Crippen LogP contribution >= 0.6 is 11.6 Å². The summed E-state index contributed by atoms with van der Waals surface area (Å²) in [5.74, 6) is -0.0920. The van der Waals surface area contributed by atoms with Crippen LogP contribution in [-0.2, 0) is 12.1 Å². The zero-order valence-corrected chi connectivity index (χ0v) is 16.3. The van der Waals surface area contributed by atoms with E-state index in [4.69, 9.17) is 16.0 Å². The summed E-state index contributed by atoms with van der Waals surface area (Å²) >= 11 is 5.78. The highest BCUT2D eigenvalue weighted by Crippen LogP contribution is 2.29. The zero-order valence-electron chi connectivity index (χ0n) is 15.5. The van der Waals surface area contributed by atoms with E-state index in [2.05, 4.69) is 25.6 Å². The van der Waals surface area contributed by atoms with Crippen molar-refractivity contribution < 1.29 is 13.9 Å². The number of aliphatic hydroxyl groups excluding tert-OH is 1. The Bertz CT molecular complexity index is 1130. The number of rotatable bonds is 7. The molecule has 0 aliphatic rings. The molecule has 0 saturated heterocycles. The van der Waals surface area contributed by atoms with E-state index in [-0.39, 0.29) is 11.6 Å². The predicted octanol–water partition coefficient (Wildman–Crippen LogP) is 4.28. The quantitative estimate of drug-likeness (QED) is 0.359. The summed E-state index contributed by atoms with van der Waals surface area (Å²) in [4.78, 5) is 11.9. The highest BCUT2D eigenvalue weighted by molar-refractivity contribution is 6.30. The molecule has 2 aromatic carbocycles. The normalized spacial score (nSPS) is 13.4. The molecule has 4 aromatic rings. The number of aromatic nitrogens is 3. The van der Waals surface area contributed by atoms with Crippen LogP contribution in [0.3, 0.4) is 0 Å². The number of fused-ring (bicyclic) bond motifs is 1. The second-order valence-electron chi connectivity index (χ2n) is 6.83. The van der Waals surface area contributed by atoms with Crippen LogP contribution in [0.1, 0.15) is 18.1 Å². The topological polar surface area (TPSA) is 99.0 Å². The van der Waals surface area contributed by atoms with Gasteiger partial charge < -0.3 is 25.1 Å². The Morgan fingerprint density at radius 1 is 1.31 bits per heavy atom. The van der Waals surface area contributed by atoms with Gasteiger partial charge in [-0.1, -0.05) is 29.8 Å². The number of oxazole rings is 1. The van der Waals surface area contributed by atoms with E-state index in [0.29, 0.717) is 24.1 Å². The molecule has 7 nitrogen and oxygen atoms in total. The van der Waals surface area contributed by atoms with Gasteiger partial charge in [-0.05, 0) is 36.2 Å². The molecular formula is C20H19ClFN5O2. The second kappa shape index (κ2) is 7.73. The number of aliphatic hydroxyl groups is 1. The molecule has 0 aliphatic heterocycles. The van der Waals surface area contributed by atoms with Gasteiger partial charge in [0.15, 0.2) is 0 Å². The summed E-state index contributed by atoms with van der Waals surface area (Å²) in [5, 5.41) is 16.3. The maximum Gasteiger partial charge on any atom is 0.294 e. The molecule has 29 heavy (non-hydrogen) atoms. The van der Waals surface area contributed by atoms with E-state index in [1.165, 1.54) is 18.4 Å². The third-order valence-electron chi connectivity index (χ3n) is 4.73. The van der Waals surface area contributed by atoms with Gasteiger partial charge in [-0.25, -0.2) is 14.4 Å². The Hall–Kier alpha value is -3.10. The van der Waals surface area contributed by atoms with E-state index >= 15 is 0 Å². The van der Waals surface area contributed by atoms with Gasteiger partial charge in [-0.2, -0.15) is 0 Å².